The van der Waals surface area contributed by atoms with Gasteiger partial charge in [0.2, 0.25) is 0 Å². The molecule has 4 aromatic carbocycles. The fourth-order valence-corrected chi connectivity index (χ4v) is 5.66. The van der Waals surface area contributed by atoms with Gasteiger partial charge in [0.1, 0.15) is 5.01 Å². The SMILES string of the molecule is Cc1ccccc1-c1nc2c(-c3cccc(-c4ccc(C(C)C)cc4)c3)cc(C(C)(C)C)cc2s1. The van der Waals surface area contributed by atoms with Gasteiger partial charge in [-0.1, -0.05) is 101 Å². The zero-order valence-electron chi connectivity index (χ0n) is 21.5. The predicted molar refractivity (Wildman–Crippen MR) is 153 cm³/mol. The van der Waals surface area contributed by atoms with Crippen molar-refractivity contribution in [3.63, 3.8) is 0 Å². The van der Waals surface area contributed by atoms with Gasteiger partial charge in [0.25, 0.3) is 0 Å². The van der Waals surface area contributed by atoms with Crippen molar-refractivity contribution in [3.8, 4) is 32.8 Å². The molecule has 1 nitrogen and oxygen atoms in total. The van der Waals surface area contributed by atoms with Gasteiger partial charge in [-0.3, -0.25) is 0 Å². The molecule has 0 bridgehead atoms. The highest BCUT2D eigenvalue weighted by Gasteiger charge is 2.20. The average Bonchev–Trinajstić information content (AvgIpc) is 3.27. The van der Waals surface area contributed by atoms with Crippen LogP contribution in [0.4, 0.5) is 0 Å². The molecule has 0 radical (unpaired) electrons. The lowest BCUT2D eigenvalue weighted by atomic mass is 9.85. The van der Waals surface area contributed by atoms with Crippen LogP contribution in [0.3, 0.4) is 0 Å². The summed E-state index contributed by atoms with van der Waals surface area (Å²) in [5.74, 6) is 0.538. The fourth-order valence-electron chi connectivity index (χ4n) is 4.54. The number of benzene rings is 4. The molecule has 5 aromatic rings. The summed E-state index contributed by atoms with van der Waals surface area (Å²) in [6, 6.07) is 31.1. The smallest absolute Gasteiger partial charge is 0.124 e. The lowest BCUT2D eigenvalue weighted by Crippen LogP contribution is -2.11. The van der Waals surface area contributed by atoms with E-state index in [9.17, 15) is 0 Å². The first kappa shape index (κ1) is 23.5. The Bertz CT molecular complexity index is 1500. The Morgan fingerprint density at radius 2 is 1.43 bits per heavy atom. The molecular formula is C33H33NS. The molecule has 0 aliphatic rings. The summed E-state index contributed by atoms with van der Waals surface area (Å²) in [6.45, 7) is 13.5. The van der Waals surface area contributed by atoms with Gasteiger partial charge < -0.3 is 0 Å². The number of hydrogen-bond acceptors (Lipinski definition) is 2. The monoisotopic (exact) mass is 475 g/mol. The first-order chi connectivity index (χ1) is 16.7. The molecule has 1 aromatic heterocycles. The average molecular weight is 476 g/mol. The number of aromatic nitrogens is 1. The first-order valence-corrected chi connectivity index (χ1v) is 13.2. The lowest BCUT2D eigenvalue weighted by Gasteiger charge is -2.20. The molecule has 0 spiro atoms. The third kappa shape index (κ3) is 4.68. The van der Waals surface area contributed by atoms with Crippen LogP contribution in [0.5, 0.6) is 0 Å². The highest BCUT2D eigenvalue weighted by atomic mass is 32.1. The van der Waals surface area contributed by atoms with Gasteiger partial charge in [0.05, 0.1) is 10.2 Å². The van der Waals surface area contributed by atoms with E-state index in [0.717, 1.165) is 10.5 Å². The molecule has 0 atom stereocenters. The van der Waals surface area contributed by atoms with Crippen molar-refractivity contribution in [3.05, 3.63) is 102 Å². The van der Waals surface area contributed by atoms with Crippen LogP contribution in [0.1, 0.15) is 57.2 Å². The maximum atomic E-state index is 5.20. The van der Waals surface area contributed by atoms with Gasteiger partial charge in [-0.25, -0.2) is 4.98 Å². The van der Waals surface area contributed by atoms with E-state index in [4.69, 9.17) is 4.98 Å². The van der Waals surface area contributed by atoms with Crippen molar-refractivity contribution in [1.29, 1.82) is 0 Å². The minimum Gasteiger partial charge on any atom is -0.235 e. The fraction of sp³-hybridized carbons (Fsp3) is 0.242. The van der Waals surface area contributed by atoms with E-state index in [1.807, 2.05) is 0 Å². The molecule has 176 valence electrons. The molecule has 0 N–H and O–H groups in total. The molecule has 0 amide bonds. The van der Waals surface area contributed by atoms with E-state index < -0.39 is 0 Å². The molecule has 1 heterocycles. The summed E-state index contributed by atoms with van der Waals surface area (Å²) >= 11 is 1.80. The minimum atomic E-state index is 0.0556. The summed E-state index contributed by atoms with van der Waals surface area (Å²) in [5, 5.41) is 1.09. The maximum Gasteiger partial charge on any atom is 0.124 e. The van der Waals surface area contributed by atoms with Gasteiger partial charge in [-0.15, -0.1) is 11.3 Å². The number of rotatable bonds is 4. The summed E-state index contributed by atoms with van der Waals surface area (Å²) in [6.07, 6.45) is 0. The van der Waals surface area contributed by atoms with Crippen molar-refractivity contribution < 1.29 is 0 Å². The molecular weight excluding hydrogens is 442 g/mol. The van der Waals surface area contributed by atoms with Crippen LogP contribution in [0.15, 0.2) is 84.9 Å². The topological polar surface area (TPSA) is 12.9 Å². The molecule has 0 unspecified atom stereocenters. The second-order valence-corrected chi connectivity index (χ2v) is 11.8. The number of fused-ring (bicyclic) bond motifs is 1. The van der Waals surface area contributed by atoms with Crippen molar-refractivity contribution in [1.82, 2.24) is 4.98 Å². The Balaban J connectivity index is 1.68. The van der Waals surface area contributed by atoms with Crippen LogP contribution < -0.4 is 0 Å². The van der Waals surface area contributed by atoms with E-state index in [1.54, 1.807) is 11.3 Å². The van der Waals surface area contributed by atoms with Crippen molar-refractivity contribution in [2.45, 2.75) is 52.9 Å². The van der Waals surface area contributed by atoms with Gasteiger partial charge in [-0.2, -0.15) is 0 Å². The molecule has 5 rings (SSSR count). The number of nitrogens with zero attached hydrogens (tertiary/aromatic N) is 1. The van der Waals surface area contributed by atoms with Crippen LogP contribution in [0.25, 0.3) is 43.0 Å². The second kappa shape index (κ2) is 9.09. The zero-order chi connectivity index (χ0) is 24.7. The Hall–Kier alpha value is -3.23. The van der Waals surface area contributed by atoms with Crippen molar-refractivity contribution >= 4 is 21.6 Å². The summed E-state index contributed by atoms with van der Waals surface area (Å²) in [4.78, 5) is 5.20. The Kier molecular flexibility index (Phi) is 6.11. The minimum absolute atomic E-state index is 0.0556. The summed E-state index contributed by atoms with van der Waals surface area (Å²) < 4.78 is 1.25. The molecule has 0 fully saturated rings. The Morgan fingerprint density at radius 3 is 2.11 bits per heavy atom. The van der Waals surface area contributed by atoms with Crippen molar-refractivity contribution in [2.24, 2.45) is 0 Å². The van der Waals surface area contributed by atoms with E-state index in [-0.39, 0.29) is 5.41 Å². The number of thiazole rings is 1. The van der Waals surface area contributed by atoms with E-state index in [0.29, 0.717) is 5.92 Å². The second-order valence-electron chi connectivity index (χ2n) is 10.8. The molecule has 2 heteroatoms. The van der Waals surface area contributed by atoms with Crippen LogP contribution in [0.2, 0.25) is 0 Å². The third-order valence-corrected chi connectivity index (χ3v) is 7.86. The van der Waals surface area contributed by atoms with Crippen LogP contribution >= 0.6 is 11.3 Å². The summed E-state index contributed by atoms with van der Waals surface area (Å²) in [5.41, 5.74) is 11.3. The Labute approximate surface area is 213 Å². The maximum absolute atomic E-state index is 5.20. The van der Waals surface area contributed by atoms with Gasteiger partial charge in [0.15, 0.2) is 0 Å². The van der Waals surface area contributed by atoms with E-state index >= 15 is 0 Å². The van der Waals surface area contributed by atoms with Gasteiger partial charge in [-0.05, 0) is 69.8 Å². The van der Waals surface area contributed by atoms with Gasteiger partial charge in [0, 0.05) is 11.1 Å². The highest BCUT2D eigenvalue weighted by Crippen LogP contribution is 2.40. The first-order valence-electron chi connectivity index (χ1n) is 12.4. The van der Waals surface area contributed by atoms with Crippen LogP contribution in [-0.2, 0) is 5.41 Å². The molecule has 0 aliphatic heterocycles. The number of hydrogen-bond donors (Lipinski definition) is 0. The van der Waals surface area contributed by atoms with Gasteiger partial charge >= 0.3 is 0 Å². The molecule has 0 saturated carbocycles. The van der Waals surface area contributed by atoms with E-state index in [2.05, 4.69) is 126 Å². The predicted octanol–water partition coefficient (Wildman–Crippen LogP) is 10.0. The quantitative estimate of drug-likeness (QED) is 0.252. The number of aryl methyl sites for hydroxylation is 1. The lowest BCUT2D eigenvalue weighted by molar-refractivity contribution is 0.591. The van der Waals surface area contributed by atoms with Crippen LogP contribution in [-0.4, -0.2) is 4.98 Å². The Morgan fingerprint density at radius 1 is 0.714 bits per heavy atom. The summed E-state index contributed by atoms with van der Waals surface area (Å²) in [7, 11) is 0. The third-order valence-electron chi connectivity index (χ3n) is 6.82. The highest BCUT2D eigenvalue weighted by molar-refractivity contribution is 7.21. The molecule has 35 heavy (non-hydrogen) atoms. The standard InChI is InChI=1S/C33H33NS/c1-21(2)23-14-16-24(17-15-23)25-11-9-12-26(18-25)29-19-27(33(4,5)6)20-30-31(29)34-32(35-30)28-13-8-7-10-22(28)3/h7-21H,1-6H3. The molecule has 0 aliphatic carbocycles. The van der Waals surface area contributed by atoms with E-state index in [1.165, 1.54) is 49.2 Å². The normalized spacial score (nSPS) is 12.0. The zero-order valence-corrected chi connectivity index (χ0v) is 22.3. The van der Waals surface area contributed by atoms with Crippen molar-refractivity contribution in [2.75, 3.05) is 0 Å². The van der Waals surface area contributed by atoms with Crippen LogP contribution in [0, 0.1) is 6.92 Å². The largest absolute Gasteiger partial charge is 0.235 e. The molecule has 0 saturated heterocycles.